The lowest BCUT2D eigenvalue weighted by Gasteiger charge is -2.15. The van der Waals surface area contributed by atoms with Crippen LogP contribution >= 0.6 is 24.0 Å². The molecule has 0 aliphatic heterocycles. The SMILES string of the molecule is CCc1nc2ccccc2c(=O)n1-c1cccc(Cl)c1C.Cl. The first kappa shape index (κ1) is 16.5. The highest BCUT2D eigenvalue weighted by atomic mass is 35.5. The van der Waals surface area contributed by atoms with Gasteiger partial charge in [0.25, 0.3) is 5.56 Å². The van der Waals surface area contributed by atoms with Crippen LogP contribution in [0.5, 0.6) is 0 Å². The van der Waals surface area contributed by atoms with E-state index >= 15 is 0 Å². The zero-order chi connectivity index (χ0) is 15.0. The third-order valence-corrected chi connectivity index (χ3v) is 4.05. The molecule has 0 spiro atoms. The maximum atomic E-state index is 12.9. The van der Waals surface area contributed by atoms with Crippen molar-refractivity contribution in [1.82, 2.24) is 9.55 Å². The molecule has 1 aromatic heterocycles. The minimum atomic E-state index is -0.0529. The Morgan fingerprint density at radius 2 is 1.86 bits per heavy atom. The lowest BCUT2D eigenvalue weighted by Crippen LogP contribution is -2.24. The molecule has 3 aromatic rings. The van der Waals surface area contributed by atoms with E-state index in [4.69, 9.17) is 11.6 Å². The molecule has 2 aromatic carbocycles. The Morgan fingerprint density at radius 3 is 2.59 bits per heavy atom. The van der Waals surface area contributed by atoms with E-state index in [1.54, 1.807) is 10.6 Å². The third kappa shape index (κ3) is 2.62. The minimum Gasteiger partial charge on any atom is -0.268 e. The standard InChI is InChI=1S/C17H15ClN2O.ClH/c1-3-16-19-14-9-5-4-7-12(14)17(21)20(16)15-10-6-8-13(18)11(15)2;/h4-10H,3H2,1-2H3;1H. The topological polar surface area (TPSA) is 34.9 Å². The number of hydrogen-bond donors (Lipinski definition) is 0. The number of nitrogens with zero attached hydrogens (tertiary/aromatic N) is 2. The summed E-state index contributed by atoms with van der Waals surface area (Å²) in [6.45, 7) is 3.91. The zero-order valence-electron chi connectivity index (χ0n) is 12.3. The quantitative estimate of drug-likeness (QED) is 0.699. The van der Waals surface area contributed by atoms with Crippen molar-refractivity contribution in [2.45, 2.75) is 20.3 Å². The minimum absolute atomic E-state index is 0. The van der Waals surface area contributed by atoms with Gasteiger partial charge in [0.2, 0.25) is 0 Å². The van der Waals surface area contributed by atoms with Crippen molar-refractivity contribution in [3.05, 3.63) is 69.2 Å². The lowest BCUT2D eigenvalue weighted by atomic mass is 10.1. The molecule has 22 heavy (non-hydrogen) atoms. The molecule has 0 saturated heterocycles. The van der Waals surface area contributed by atoms with Gasteiger partial charge in [-0.2, -0.15) is 0 Å². The summed E-state index contributed by atoms with van der Waals surface area (Å²) < 4.78 is 1.67. The molecule has 0 unspecified atom stereocenters. The van der Waals surface area contributed by atoms with Crippen LogP contribution in [0.1, 0.15) is 18.3 Å². The first-order chi connectivity index (χ1) is 10.1. The van der Waals surface area contributed by atoms with Crippen LogP contribution in [0.25, 0.3) is 16.6 Å². The van der Waals surface area contributed by atoms with Gasteiger partial charge in [0, 0.05) is 11.4 Å². The van der Waals surface area contributed by atoms with E-state index < -0.39 is 0 Å². The molecule has 0 aliphatic rings. The van der Waals surface area contributed by atoms with Crippen molar-refractivity contribution in [2.24, 2.45) is 0 Å². The number of para-hydroxylation sites is 1. The van der Waals surface area contributed by atoms with Gasteiger partial charge in [0.15, 0.2) is 0 Å². The summed E-state index contributed by atoms with van der Waals surface area (Å²) in [6, 6.07) is 13.0. The van der Waals surface area contributed by atoms with E-state index in [2.05, 4.69) is 4.98 Å². The first-order valence-corrected chi connectivity index (χ1v) is 7.27. The first-order valence-electron chi connectivity index (χ1n) is 6.89. The maximum absolute atomic E-state index is 12.9. The Labute approximate surface area is 140 Å². The molecule has 0 fully saturated rings. The summed E-state index contributed by atoms with van der Waals surface area (Å²) in [5, 5.41) is 1.27. The van der Waals surface area contributed by atoms with Gasteiger partial charge in [0.05, 0.1) is 16.6 Å². The number of benzene rings is 2. The van der Waals surface area contributed by atoms with Crippen molar-refractivity contribution in [3.8, 4) is 5.69 Å². The van der Waals surface area contributed by atoms with Crippen LogP contribution in [-0.4, -0.2) is 9.55 Å². The number of fused-ring (bicyclic) bond motifs is 1. The van der Waals surface area contributed by atoms with Crippen LogP contribution in [-0.2, 0) is 6.42 Å². The lowest BCUT2D eigenvalue weighted by molar-refractivity contribution is 0.829. The molecule has 0 radical (unpaired) electrons. The predicted octanol–water partition coefficient (Wildman–Crippen LogP) is 4.33. The second-order valence-electron chi connectivity index (χ2n) is 4.92. The van der Waals surface area contributed by atoms with Crippen molar-refractivity contribution in [3.63, 3.8) is 0 Å². The summed E-state index contributed by atoms with van der Waals surface area (Å²) >= 11 is 6.19. The highest BCUT2D eigenvalue weighted by molar-refractivity contribution is 6.31. The number of aryl methyl sites for hydroxylation is 1. The molecule has 0 atom stereocenters. The number of aromatic nitrogens is 2. The molecule has 0 saturated carbocycles. The Bertz CT molecular complexity index is 887. The highest BCUT2D eigenvalue weighted by Gasteiger charge is 2.13. The molecule has 0 amide bonds. The van der Waals surface area contributed by atoms with Crippen molar-refractivity contribution >= 4 is 34.9 Å². The molecular formula is C17H16Cl2N2O. The summed E-state index contributed by atoms with van der Waals surface area (Å²) in [7, 11) is 0. The van der Waals surface area contributed by atoms with Crippen molar-refractivity contribution in [1.29, 1.82) is 0 Å². The summed E-state index contributed by atoms with van der Waals surface area (Å²) in [5.74, 6) is 0.740. The van der Waals surface area contributed by atoms with Gasteiger partial charge in [-0.25, -0.2) is 4.98 Å². The summed E-state index contributed by atoms with van der Waals surface area (Å²) in [4.78, 5) is 17.5. The van der Waals surface area contributed by atoms with E-state index in [1.807, 2.05) is 50.2 Å². The number of rotatable bonds is 2. The molecule has 5 heteroatoms. The Balaban J connectivity index is 0.00000176. The molecule has 3 rings (SSSR count). The molecule has 114 valence electrons. The van der Waals surface area contributed by atoms with E-state index in [1.165, 1.54) is 0 Å². The fraction of sp³-hybridized carbons (Fsp3) is 0.176. The van der Waals surface area contributed by atoms with Crippen LogP contribution in [0.15, 0.2) is 47.3 Å². The predicted molar refractivity (Wildman–Crippen MR) is 93.7 cm³/mol. The molecule has 0 N–H and O–H groups in total. The normalized spacial score (nSPS) is 10.5. The van der Waals surface area contributed by atoms with Crippen LogP contribution in [0.2, 0.25) is 5.02 Å². The van der Waals surface area contributed by atoms with Crippen LogP contribution in [0.4, 0.5) is 0 Å². The van der Waals surface area contributed by atoms with Gasteiger partial charge in [-0.15, -0.1) is 12.4 Å². The van der Waals surface area contributed by atoms with Crippen LogP contribution in [0.3, 0.4) is 0 Å². The van der Waals surface area contributed by atoms with Crippen molar-refractivity contribution < 1.29 is 0 Å². The smallest absolute Gasteiger partial charge is 0.265 e. The van der Waals surface area contributed by atoms with Crippen molar-refractivity contribution in [2.75, 3.05) is 0 Å². The van der Waals surface area contributed by atoms with Crippen LogP contribution < -0.4 is 5.56 Å². The molecule has 0 bridgehead atoms. The van der Waals surface area contributed by atoms with Gasteiger partial charge in [-0.3, -0.25) is 9.36 Å². The van der Waals surface area contributed by atoms with E-state index in [9.17, 15) is 4.79 Å². The summed E-state index contributed by atoms with van der Waals surface area (Å²) in [5.41, 5.74) is 2.36. The Hall–Kier alpha value is -1.84. The average Bonchev–Trinajstić information content (AvgIpc) is 2.50. The number of halogens is 2. The second kappa shape index (κ2) is 6.51. The monoisotopic (exact) mass is 334 g/mol. The maximum Gasteiger partial charge on any atom is 0.265 e. The Morgan fingerprint density at radius 1 is 1.14 bits per heavy atom. The van der Waals surface area contributed by atoms with Gasteiger partial charge >= 0.3 is 0 Å². The van der Waals surface area contributed by atoms with Gasteiger partial charge in [0.1, 0.15) is 5.82 Å². The second-order valence-corrected chi connectivity index (χ2v) is 5.33. The van der Waals surface area contributed by atoms with E-state index in [-0.39, 0.29) is 18.0 Å². The van der Waals surface area contributed by atoms with Crippen LogP contribution in [0, 0.1) is 6.92 Å². The fourth-order valence-electron chi connectivity index (χ4n) is 2.50. The summed E-state index contributed by atoms with van der Waals surface area (Å²) in [6.07, 6.45) is 0.673. The van der Waals surface area contributed by atoms with Gasteiger partial charge in [-0.1, -0.05) is 36.7 Å². The highest BCUT2D eigenvalue weighted by Crippen LogP contribution is 2.23. The average molecular weight is 335 g/mol. The molecule has 3 nitrogen and oxygen atoms in total. The third-order valence-electron chi connectivity index (χ3n) is 3.64. The Kier molecular flexibility index (Phi) is 4.89. The molecule has 1 heterocycles. The van der Waals surface area contributed by atoms with Gasteiger partial charge in [-0.05, 0) is 36.8 Å². The van der Waals surface area contributed by atoms with E-state index in [0.29, 0.717) is 16.8 Å². The largest absolute Gasteiger partial charge is 0.268 e. The fourth-order valence-corrected chi connectivity index (χ4v) is 2.67. The van der Waals surface area contributed by atoms with E-state index in [0.717, 1.165) is 22.6 Å². The number of hydrogen-bond acceptors (Lipinski definition) is 2. The zero-order valence-corrected chi connectivity index (χ0v) is 13.9. The molecular weight excluding hydrogens is 319 g/mol. The molecule has 0 aliphatic carbocycles. The van der Waals surface area contributed by atoms with Gasteiger partial charge < -0.3 is 0 Å².